The molecule has 0 unspecified atom stereocenters. The third kappa shape index (κ3) is 19.5. The number of aryl methyl sites for hydroxylation is 4. The standard InChI is InChI=1S/2C21H25FN4O.2C20H23FN4O/c2*1-14-3-8-20(24-23-14)25-9-10-26(15(2)13-25)21(27)12-16-4-7-18(17-5-6-17)19(22)11-16;2*1-14-2-7-19(23-22-14)24-8-10-25(11-9-24)20(26)13-15-3-6-17(16-4-5-16)18(21)12-15/h2*3-4,7-8,11,15,17H,5-6,9-10,12-13H2,1-2H3;2*2-3,6-7,12,16H,4-5,8-11,13H2,1H3/t2*15-;;/m10../s1. The molecule has 4 amide bonds. The van der Waals surface area contributed by atoms with Gasteiger partial charge in [-0.2, -0.15) is 20.4 Å². The number of halogens is 4. The van der Waals surface area contributed by atoms with Crippen molar-refractivity contribution in [2.75, 3.05) is 111 Å². The number of aromatic nitrogens is 8. The van der Waals surface area contributed by atoms with Crippen molar-refractivity contribution < 1.29 is 36.7 Å². The number of carbonyl (C=O) groups excluding carboxylic acids is 4. The number of amides is 4. The zero-order valence-electron chi connectivity index (χ0n) is 61.7. The van der Waals surface area contributed by atoms with Crippen molar-refractivity contribution in [3.8, 4) is 0 Å². The molecule has 0 bridgehead atoms. The molecule has 4 aromatic heterocycles. The molecule has 4 saturated heterocycles. The molecule has 4 aliphatic carbocycles. The molecule has 4 aromatic carbocycles. The molecule has 8 fully saturated rings. The molecule has 0 spiro atoms. The molecule has 8 heterocycles. The van der Waals surface area contributed by atoms with Crippen LogP contribution in [-0.4, -0.2) is 188 Å². The Morgan fingerprint density at radius 1 is 0.311 bits per heavy atom. The molecule has 4 aliphatic heterocycles. The van der Waals surface area contributed by atoms with E-state index in [1.54, 1.807) is 0 Å². The Kier molecular flexibility index (Phi) is 23.6. The molecule has 8 aliphatic rings. The first-order valence-corrected chi connectivity index (χ1v) is 37.7. The second kappa shape index (κ2) is 33.6. The van der Waals surface area contributed by atoms with Crippen LogP contribution in [0.3, 0.4) is 0 Å². The maximum absolute atomic E-state index is 14.2. The van der Waals surface area contributed by atoms with E-state index in [2.05, 4.69) is 60.4 Å². The molecule has 24 heteroatoms. The highest BCUT2D eigenvalue weighted by molar-refractivity contribution is 5.81. The fourth-order valence-corrected chi connectivity index (χ4v) is 14.4. The molecule has 106 heavy (non-hydrogen) atoms. The predicted octanol–water partition coefficient (Wildman–Crippen LogP) is 11.5. The lowest BCUT2D eigenvalue weighted by Crippen LogP contribution is -2.54. The van der Waals surface area contributed by atoms with E-state index in [0.717, 1.165) is 194 Å². The van der Waals surface area contributed by atoms with E-state index in [1.807, 2.05) is 158 Å². The number of anilines is 4. The van der Waals surface area contributed by atoms with E-state index in [0.29, 0.717) is 62.9 Å². The van der Waals surface area contributed by atoms with E-state index >= 15 is 0 Å². The molecule has 16 rings (SSSR count). The molecule has 4 saturated carbocycles. The summed E-state index contributed by atoms with van der Waals surface area (Å²) < 4.78 is 56.8. The van der Waals surface area contributed by atoms with Crippen LogP contribution in [0.4, 0.5) is 40.8 Å². The fourth-order valence-electron chi connectivity index (χ4n) is 14.4. The van der Waals surface area contributed by atoms with Crippen LogP contribution < -0.4 is 19.6 Å². The molecule has 0 N–H and O–H groups in total. The van der Waals surface area contributed by atoms with Gasteiger partial charge in [0.2, 0.25) is 23.6 Å². The number of nitrogens with zero attached hydrogens (tertiary/aromatic N) is 16. The number of hydrogen-bond donors (Lipinski definition) is 0. The minimum absolute atomic E-state index is 0.0516. The Morgan fingerprint density at radius 2 is 0.557 bits per heavy atom. The second-order valence-corrected chi connectivity index (χ2v) is 29.9. The van der Waals surface area contributed by atoms with Crippen molar-refractivity contribution in [1.29, 1.82) is 0 Å². The maximum Gasteiger partial charge on any atom is 0.227 e. The quantitative estimate of drug-likeness (QED) is 0.0827. The van der Waals surface area contributed by atoms with Gasteiger partial charge in [-0.15, -0.1) is 20.4 Å². The highest BCUT2D eigenvalue weighted by atomic mass is 19.1. The second-order valence-electron chi connectivity index (χ2n) is 29.9. The summed E-state index contributed by atoms with van der Waals surface area (Å²) in [6.45, 7) is 21.4. The molecule has 20 nitrogen and oxygen atoms in total. The number of rotatable bonds is 16. The molecule has 0 radical (unpaired) electrons. The number of hydrogen-bond acceptors (Lipinski definition) is 16. The predicted molar refractivity (Wildman–Crippen MR) is 400 cm³/mol. The molecular formula is C82H96F4N16O4. The maximum atomic E-state index is 14.2. The van der Waals surface area contributed by atoms with Gasteiger partial charge in [-0.1, -0.05) is 48.5 Å². The average Bonchev–Trinajstić information content (AvgIpc) is 1.21. The summed E-state index contributed by atoms with van der Waals surface area (Å²) >= 11 is 0. The first kappa shape index (κ1) is 74.3. The van der Waals surface area contributed by atoms with Crippen LogP contribution in [0.2, 0.25) is 0 Å². The zero-order valence-corrected chi connectivity index (χ0v) is 61.7. The summed E-state index contributed by atoms with van der Waals surface area (Å²) in [5, 5.41) is 33.3. The van der Waals surface area contributed by atoms with Crippen LogP contribution in [0.1, 0.15) is 156 Å². The van der Waals surface area contributed by atoms with Crippen LogP contribution in [0.5, 0.6) is 0 Å². The van der Waals surface area contributed by atoms with Crippen molar-refractivity contribution >= 4 is 46.9 Å². The Morgan fingerprint density at radius 3 is 0.783 bits per heavy atom. The van der Waals surface area contributed by atoms with Crippen molar-refractivity contribution in [3.63, 3.8) is 0 Å². The van der Waals surface area contributed by atoms with Gasteiger partial charge >= 0.3 is 0 Å². The lowest BCUT2D eigenvalue weighted by Gasteiger charge is -2.40. The fraction of sp³-hybridized carbons (Fsp3) is 0.463. The van der Waals surface area contributed by atoms with Gasteiger partial charge < -0.3 is 39.2 Å². The lowest BCUT2D eigenvalue weighted by molar-refractivity contribution is -0.133. The first-order valence-electron chi connectivity index (χ1n) is 37.7. The van der Waals surface area contributed by atoms with Crippen LogP contribution in [0, 0.1) is 51.0 Å². The Bertz CT molecular complexity index is 4090. The van der Waals surface area contributed by atoms with Crippen LogP contribution in [-0.2, 0) is 44.9 Å². The summed E-state index contributed by atoms with van der Waals surface area (Å²) in [6, 6.07) is 36.9. The third-order valence-electron chi connectivity index (χ3n) is 21.3. The van der Waals surface area contributed by atoms with Crippen molar-refractivity contribution in [1.82, 2.24) is 60.4 Å². The Labute approximate surface area is 618 Å². The topological polar surface area (TPSA) is 197 Å². The van der Waals surface area contributed by atoms with Gasteiger partial charge in [0.15, 0.2) is 23.3 Å². The Balaban J connectivity index is 0.000000125. The van der Waals surface area contributed by atoms with Crippen molar-refractivity contribution in [2.45, 2.75) is 154 Å². The van der Waals surface area contributed by atoms with Crippen LogP contribution in [0.25, 0.3) is 0 Å². The van der Waals surface area contributed by atoms with Gasteiger partial charge in [0.1, 0.15) is 23.3 Å². The van der Waals surface area contributed by atoms with E-state index in [-0.39, 0.29) is 84.7 Å². The van der Waals surface area contributed by atoms with Gasteiger partial charge in [0.25, 0.3) is 0 Å². The van der Waals surface area contributed by atoms with Gasteiger partial charge in [-0.05, 0) is 234 Å². The number of piperazine rings is 4. The van der Waals surface area contributed by atoms with E-state index in [1.165, 1.54) is 24.3 Å². The summed E-state index contributed by atoms with van der Waals surface area (Å²) in [5.74, 6) is 4.47. The van der Waals surface area contributed by atoms with Gasteiger partial charge in [0.05, 0.1) is 48.5 Å². The normalized spacial score (nSPS) is 18.8. The van der Waals surface area contributed by atoms with Crippen LogP contribution >= 0.6 is 0 Å². The summed E-state index contributed by atoms with van der Waals surface area (Å²) in [5.41, 5.74) is 9.77. The largest absolute Gasteiger partial charge is 0.352 e. The minimum atomic E-state index is -0.168. The van der Waals surface area contributed by atoms with Gasteiger partial charge in [-0.3, -0.25) is 19.2 Å². The highest BCUT2D eigenvalue weighted by Gasteiger charge is 2.34. The SMILES string of the molecule is Cc1ccc(N2CCN(C(=O)Cc3ccc(C4CC4)c(F)c3)CC2)nn1.Cc1ccc(N2CCN(C(=O)Cc3ccc(C4CC4)c(F)c3)CC2)nn1.Cc1ccc(N2CCN(C(=O)Cc3ccc(C4CC4)c(F)c3)[C@@H](C)C2)nn1.Cc1ccc(N2CCN(C(=O)Cc3ccc(C4CC4)c(F)c3)[C@H](C)C2)nn1. The zero-order chi connectivity index (χ0) is 74.1. The Hall–Kier alpha value is -10.0. The van der Waals surface area contributed by atoms with Gasteiger partial charge in [0, 0.05) is 104 Å². The van der Waals surface area contributed by atoms with Crippen LogP contribution in [0.15, 0.2) is 121 Å². The van der Waals surface area contributed by atoms with E-state index in [9.17, 15) is 36.7 Å². The summed E-state index contributed by atoms with van der Waals surface area (Å²) in [4.78, 5) is 66.7. The molecule has 8 aromatic rings. The average molecular weight is 1450 g/mol. The van der Waals surface area contributed by atoms with E-state index in [4.69, 9.17) is 0 Å². The van der Waals surface area contributed by atoms with Crippen molar-refractivity contribution in [2.24, 2.45) is 0 Å². The molecule has 2 atom stereocenters. The van der Waals surface area contributed by atoms with Gasteiger partial charge in [-0.25, -0.2) is 17.6 Å². The number of benzene rings is 4. The third-order valence-corrected chi connectivity index (χ3v) is 21.3. The summed E-state index contributed by atoms with van der Waals surface area (Å²) in [7, 11) is 0. The smallest absolute Gasteiger partial charge is 0.227 e. The monoisotopic (exact) mass is 1440 g/mol. The van der Waals surface area contributed by atoms with Crippen molar-refractivity contribution in [3.05, 3.63) is 212 Å². The highest BCUT2D eigenvalue weighted by Crippen LogP contribution is 2.44. The molecular weight excluding hydrogens is 1350 g/mol. The van der Waals surface area contributed by atoms with E-state index < -0.39 is 0 Å². The molecule has 556 valence electrons. The first-order chi connectivity index (χ1) is 51.2. The number of carbonyl (C=O) groups is 4. The lowest BCUT2D eigenvalue weighted by atomic mass is 10.0. The summed E-state index contributed by atoms with van der Waals surface area (Å²) in [6.07, 6.45) is 9.59. The minimum Gasteiger partial charge on any atom is -0.352 e.